The molecule has 0 fully saturated rings. The molecule has 1 atom stereocenters. The number of fused-ring (bicyclic) bond motifs is 1. The van der Waals surface area contributed by atoms with E-state index < -0.39 is 0 Å². The molecule has 4 heteroatoms. The molecule has 3 N–H and O–H groups in total. The van der Waals surface area contributed by atoms with Crippen molar-refractivity contribution in [1.29, 1.82) is 0 Å². The number of hydrogen-bond acceptors (Lipinski definition) is 3. The van der Waals surface area contributed by atoms with E-state index in [9.17, 15) is 0 Å². The maximum Gasteiger partial charge on any atom is 0.140 e. The third kappa shape index (κ3) is 1.94. The Kier molecular flexibility index (Phi) is 3.22. The molecule has 4 nitrogen and oxygen atoms in total. The lowest BCUT2D eigenvalue weighted by Gasteiger charge is -2.09. The Hall–Kier alpha value is -1.39. The van der Waals surface area contributed by atoms with Crippen molar-refractivity contribution in [3.05, 3.63) is 30.1 Å². The Labute approximate surface area is 94.7 Å². The van der Waals surface area contributed by atoms with E-state index in [0.717, 1.165) is 23.1 Å². The van der Waals surface area contributed by atoms with Crippen molar-refractivity contribution in [3.63, 3.8) is 0 Å². The van der Waals surface area contributed by atoms with Crippen molar-refractivity contribution >= 4 is 11.0 Å². The third-order valence-electron chi connectivity index (χ3n) is 2.76. The first-order valence-electron chi connectivity index (χ1n) is 5.50. The molecule has 0 bridgehead atoms. The van der Waals surface area contributed by atoms with Gasteiger partial charge in [-0.25, -0.2) is 4.98 Å². The van der Waals surface area contributed by atoms with Crippen LogP contribution in [0.3, 0.4) is 0 Å². The largest absolute Gasteiger partial charge is 0.396 e. The molecule has 0 amide bonds. The summed E-state index contributed by atoms with van der Waals surface area (Å²) in [6.07, 6.45) is 3.81. The van der Waals surface area contributed by atoms with Crippen LogP contribution < -0.4 is 5.73 Å². The van der Waals surface area contributed by atoms with Crippen LogP contribution in [0.5, 0.6) is 0 Å². The summed E-state index contributed by atoms with van der Waals surface area (Å²) < 4.78 is 2.07. The molecule has 0 saturated carbocycles. The van der Waals surface area contributed by atoms with Crippen LogP contribution in [-0.4, -0.2) is 21.3 Å². The lowest BCUT2D eigenvalue weighted by Crippen LogP contribution is -2.10. The fourth-order valence-corrected chi connectivity index (χ4v) is 1.89. The zero-order valence-corrected chi connectivity index (χ0v) is 9.43. The summed E-state index contributed by atoms with van der Waals surface area (Å²) in [5.41, 5.74) is 7.75. The smallest absolute Gasteiger partial charge is 0.140 e. The monoisotopic (exact) mass is 219 g/mol. The molecule has 2 aromatic rings. The normalized spacial score (nSPS) is 13.2. The predicted octanol–water partition coefficient (Wildman–Crippen LogP) is 1.12. The number of nitrogens with zero attached hydrogens (tertiary/aromatic N) is 2. The van der Waals surface area contributed by atoms with Gasteiger partial charge in [-0.2, -0.15) is 0 Å². The molecule has 2 heterocycles. The van der Waals surface area contributed by atoms with Crippen LogP contribution in [0.4, 0.5) is 0 Å². The van der Waals surface area contributed by atoms with Crippen LogP contribution in [0, 0.1) is 5.92 Å². The highest BCUT2D eigenvalue weighted by atomic mass is 16.3. The molecule has 16 heavy (non-hydrogen) atoms. The van der Waals surface area contributed by atoms with Gasteiger partial charge in [-0.15, -0.1) is 0 Å². The summed E-state index contributed by atoms with van der Waals surface area (Å²) in [6, 6.07) is 3.95. The van der Waals surface area contributed by atoms with E-state index >= 15 is 0 Å². The zero-order chi connectivity index (χ0) is 11.5. The quantitative estimate of drug-likeness (QED) is 0.810. The van der Waals surface area contributed by atoms with Gasteiger partial charge in [-0.1, -0.05) is 6.92 Å². The molecule has 86 valence electrons. The lowest BCUT2D eigenvalue weighted by atomic mass is 10.2. The van der Waals surface area contributed by atoms with E-state index in [1.165, 1.54) is 0 Å². The average Bonchev–Trinajstić information content (AvgIpc) is 2.68. The van der Waals surface area contributed by atoms with E-state index in [0.29, 0.717) is 6.54 Å². The highest BCUT2D eigenvalue weighted by Gasteiger charge is 2.09. The number of aliphatic hydroxyl groups excluding tert-OH is 1. The molecule has 1 unspecified atom stereocenters. The standard InChI is InChI=1S/C12H17N3O/c1-9(8-16)6-15-7-10(5-13)11-3-2-4-14-12(11)15/h2-4,7,9,16H,5-6,8,13H2,1H3. The van der Waals surface area contributed by atoms with E-state index in [4.69, 9.17) is 10.8 Å². The van der Waals surface area contributed by atoms with Gasteiger partial charge in [-0.3, -0.25) is 0 Å². The van der Waals surface area contributed by atoms with Gasteiger partial charge in [0.2, 0.25) is 0 Å². The van der Waals surface area contributed by atoms with E-state index in [2.05, 4.69) is 9.55 Å². The van der Waals surface area contributed by atoms with Crippen molar-refractivity contribution in [3.8, 4) is 0 Å². The van der Waals surface area contributed by atoms with E-state index in [1.807, 2.05) is 25.3 Å². The SMILES string of the molecule is CC(CO)Cn1cc(CN)c2cccnc21. The minimum absolute atomic E-state index is 0.185. The van der Waals surface area contributed by atoms with Crippen LogP contribution in [-0.2, 0) is 13.1 Å². The van der Waals surface area contributed by atoms with Gasteiger partial charge in [0.05, 0.1) is 0 Å². The minimum Gasteiger partial charge on any atom is -0.396 e. The number of rotatable bonds is 4. The number of hydrogen-bond donors (Lipinski definition) is 2. The summed E-state index contributed by atoms with van der Waals surface area (Å²) >= 11 is 0. The second-order valence-corrected chi connectivity index (χ2v) is 4.17. The van der Waals surface area contributed by atoms with Crippen molar-refractivity contribution < 1.29 is 5.11 Å². The fraction of sp³-hybridized carbons (Fsp3) is 0.417. The molecule has 0 radical (unpaired) electrons. The Bertz CT molecular complexity index is 478. The van der Waals surface area contributed by atoms with Crippen molar-refractivity contribution in [2.75, 3.05) is 6.61 Å². The number of aromatic nitrogens is 2. The van der Waals surface area contributed by atoms with Gasteiger partial charge in [0, 0.05) is 37.5 Å². The maximum absolute atomic E-state index is 9.07. The molecule has 0 aliphatic rings. The summed E-state index contributed by atoms with van der Waals surface area (Å²) in [5.74, 6) is 0.225. The molecule has 0 aliphatic heterocycles. The molecular weight excluding hydrogens is 202 g/mol. The molecule has 0 aliphatic carbocycles. The fourth-order valence-electron chi connectivity index (χ4n) is 1.89. The lowest BCUT2D eigenvalue weighted by molar-refractivity contribution is 0.224. The summed E-state index contributed by atoms with van der Waals surface area (Å²) in [6.45, 7) is 3.48. The first-order valence-corrected chi connectivity index (χ1v) is 5.50. The molecule has 0 saturated heterocycles. The molecule has 2 aromatic heterocycles. The highest BCUT2D eigenvalue weighted by Crippen LogP contribution is 2.19. The Morgan fingerprint density at radius 2 is 2.38 bits per heavy atom. The van der Waals surface area contributed by atoms with Gasteiger partial charge in [-0.05, 0) is 23.6 Å². The number of aliphatic hydroxyl groups is 1. The van der Waals surface area contributed by atoms with Gasteiger partial charge in [0.25, 0.3) is 0 Å². The predicted molar refractivity (Wildman–Crippen MR) is 63.9 cm³/mol. The van der Waals surface area contributed by atoms with Crippen molar-refractivity contribution in [2.24, 2.45) is 11.7 Å². The van der Waals surface area contributed by atoms with Crippen LogP contribution in [0.2, 0.25) is 0 Å². The Balaban J connectivity index is 2.45. The zero-order valence-electron chi connectivity index (χ0n) is 9.43. The second kappa shape index (κ2) is 4.63. The van der Waals surface area contributed by atoms with Crippen LogP contribution >= 0.6 is 0 Å². The first kappa shape index (κ1) is 11.1. The summed E-state index contributed by atoms with van der Waals surface area (Å²) in [4.78, 5) is 4.36. The van der Waals surface area contributed by atoms with E-state index in [1.54, 1.807) is 6.20 Å². The number of pyridine rings is 1. The molecular formula is C12H17N3O. The Morgan fingerprint density at radius 1 is 1.56 bits per heavy atom. The summed E-state index contributed by atoms with van der Waals surface area (Å²) in [5, 5.41) is 10.2. The van der Waals surface area contributed by atoms with Gasteiger partial charge in [0.15, 0.2) is 0 Å². The Morgan fingerprint density at radius 3 is 3.06 bits per heavy atom. The first-order chi connectivity index (χ1) is 7.76. The van der Waals surface area contributed by atoms with Crippen LogP contribution in [0.1, 0.15) is 12.5 Å². The number of nitrogens with two attached hydrogens (primary N) is 1. The molecule has 2 rings (SSSR count). The topological polar surface area (TPSA) is 64.1 Å². The van der Waals surface area contributed by atoms with Crippen LogP contribution in [0.15, 0.2) is 24.5 Å². The average molecular weight is 219 g/mol. The van der Waals surface area contributed by atoms with Gasteiger partial charge < -0.3 is 15.4 Å². The molecule has 0 aromatic carbocycles. The van der Waals surface area contributed by atoms with Crippen molar-refractivity contribution in [1.82, 2.24) is 9.55 Å². The van der Waals surface area contributed by atoms with Gasteiger partial charge in [0.1, 0.15) is 5.65 Å². The summed E-state index contributed by atoms with van der Waals surface area (Å²) in [7, 11) is 0. The van der Waals surface area contributed by atoms with Crippen LogP contribution in [0.25, 0.3) is 11.0 Å². The second-order valence-electron chi connectivity index (χ2n) is 4.17. The third-order valence-corrected chi connectivity index (χ3v) is 2.76. The van der Waals surface area contributed by atoms with Crippen molar-refractivity contribution in [2.45, 2.75) is 20.0 Å². The minimum atomic E-state index is 0.185. The highest BCUT2D eigenvalue weighted by molar-refractivity contribution is 5.80. The van der Waals surface area contributed by atoms with Gasteiger partial charge >= 0.3 is 0 Å². The van der Waals surface area contributed by atoms with E-state index in [-0.39, 0.29) is 12.5 Å². The molecule has 0 spiro atoms. The maximum atomic E-state index is 9.07.